The number of rotatable bonds is 10. The molecule has 0 saturated carbocycles. The highest BCUT2D eigenvalue weighted by Crippen LogP contribution is 2.46. The summed E-state index contributed by atoms with van der Waals surface area (Å²) in [7, 11) is -2.24. The van der Waals surface area contributed by atoms with Crippen LogP contribution in [0.2, 0.25) is 18.1 Å². The van der Waals surface area contributed by atoms with Crippen LogP contribution in [0.15, 0.2) is 29.3 Å². The van der Waals surface area contributed by atoms with Crippen LogP contribution in [-0.4, -0.2) is 24.0 Å². The monoisotopic (exact) mass is 442 g/mol. The molecular weight excluding hydrogens is 400 g/mol. The van der Waals surface area contributed by atoms with Crippen molar-refractivity contribution in [2.45, 2.75) is 103 Å². The standard InChI is InChI=1S/C27H42O3Si/c1-6-7-8-10-19(18-27(2,3)31(4,5)30)13-14-22-23-15-20-11-9-12-25(28)24(20)16-21(23)17-26(22)29/h9,11-12,19,21,28,30H,6-8,10,13-18H2,1-5H3/t19-,21?/m0/s1. The van der Waals surface area contributed by atoms with Crippen molar-refractivity contribution in [2.24, 2.45) is 11.8 Å². The molecule has 0 amide bonds. The highest BCUT2D eigenvalue weighted by Gasteiger charge is 2.40. The number of hydrogen-bond acceptors (Lipinski definition) is 3. The molecule has 2 aliphatic rings. The maximum Gasteiger partial charge on any atom is 0.188 e. The molecule has 0 fully saturated rings. The molecule has 172 valence electrons. The number of unbranched alkanes of at least 4 members (excludes halogenated alkanes) is 2. The number of ketones is 1. The molecular formula is C27H42O3Si. The van der Waals surface area contributed by atoms with E-state index in [-0.39, 0.29) is 11.0 Å². The average molecular weight is 443 g/mol. The Labute approximate surface area is 190 Å². The number of hydrogen-bond donors (Lipinski definition) is 2. The summed E-state index contributed by atoms with van der Waals surface area (Å²) >= 11 is 0. The highest BCUT2D eigenvalue weighted by molar-refractivity contribution is 6.72. The van der Waals surface area contributed by atoms with Gasteiger partial charge < -0.3 is 9.90 Å². The Morgan fingerprint density at radius 3 is 2.58 bits per heavy atom. The minimum absolute atomic E-state index is 0.0226. The summed E-state index contributed by atoms with van der Waals surface area (Å²) in [6, 6.07) is 5.78. The van der Waals surface area contributed by atoms with E-state index in [2.05, 4.69) is 39.9 Å². The molecule has 3 rings (SSSR count). The van der Waals surface area contributed by atoms with Gasteiger partial charge in [0.05, 0.1) is 0 Å². The largest absolute Gasteiger partial charge is 0.508 e. The van der Waals surface area contributed by atoms with Crippen molar-refractivity contribution in [3.63, 3.8) is 0 Å². The summed E-state index contributed by atoms with van der Waals surface area (Å²) in [5.74, 6) is 1.55. The maximum absolute atomic E-state index is 12.9. The predicted octanol–water partition coefficient (Wildman–Crippen LogP) is 6.72. The Kier molecular flexibility index (Phi) is 7.53. The molecule has 1 aromatic rings. The number of Topliss-reactive ketones (excluding diaryl/α,β-unsaturated/α-hetero) is 1. The summed E-state index contributed by atoms with van der Waals surface area (Å²) in [6.07, 6.45) is 10.1. The quantitative estimate of drug-likeness (QED) is 0.312. The lowest BCUT2D eigenvalue weighted by molar-refractivity contribution is -0.115. The van der Waals surface area contributed by atoms with Gasteiger partial charge in [0.25, 0.3) is 0 Å². The zero-order valence-electron chi connectivity index (χ0n) is 20.3. The molecule has 0 aromatic heterocycles. The van der Waals surface area contributed by atoms with Crippen molar-refractivity contribution >= 4 is 14.1 Å². The number of carbonyl (C=O) groups excluding carboxylic acids is 1. The minimum Gasteiger partial charge on any atom is -0.508 e. The second kappa shape index (κ2) is 9.62. The molecule has 1 aromatic carbocycles. The van der Waals surface area contributed by atoms with Gasteiger partial charge in [-0.2, -0.15) is 0 Å². The van der Waals surface area contributed by atoms with Crippen LogP contribution in [0.3, 0.4) is 0 Å². The van der Waals surface area contributed by atoms with Gasteiger partial charge in [-0.05, 0) is 84.8 Å². The lowest BCUT2D eigenvalue weighted by atomic mass is 9.79. The van der Waals surface area contributed by atoms with E-state index >= 15 is 0 Å². The zero-order chi connectivity index (χ0) is 22.8. The van der Waals surface area contributed by atoms with Gasteiger partial charge in [0.2, 0.25) is 0 Å². The Balaban J connectivity index is 1.75. The number of phenolic OH excluding ortho intramolecular Hbond substituents is 1. The molecule has 0 radical (unpaired) electrons. The fourth-order valence-electron chi connectivity index (χ4n) is 5.47. The SMILES string of the molecule is CCCCC[C@@H](CCC1=C2Cc3cccc(O)c3CC2CC1=O)CC(C)(C)[Si](C)(C)O. The van der Waals surface area contributed by atoms with E-state index in [9.17, 15) is 14.7 Å². The second-order valence-corrected chi connectivity index (χ2v) is 15.6. The summed E-state index contributed by atoms with van der Waals surface area (Å²) in [4.78, 5) is 23.8. The van der Waals surface area contributed by atoms with Gasteiger partial charge in [0, 0.05) is 6.42 Å². The molecule has 3 nitrogen and oxygen atoms in total. The third kappa shape index (κ3) is 5.51. The minimum atomic E-state index is -2.24. The van der Waals surface area contributed by atoms with Crippen LogP contribution >= 0.6 is 0 Å². The zero-order valence-corrected chi connectivity index (χ0v) is 21.3. The molecule has 2 aliphatic carbocycles. The van der Waals surface area contributed by atoms with Crippen LogP contribution in [0.5, 0.6) is 5.75 Å². The van der Waals surface area contributed by atoms with E-state index in [4.69, 9.17) is 0 Å². The van der Waals surface area contributed by atoms with Gasteiger partial charge >= 0.3 is 0 Å². The molecule has 31 heavy (non-hydrogen) atoms. The smallest absolute Gasteiger partial charge is 0.188 e. The summed E-state index contributed by atoms with van der Waals surface area (Å²) < 4.78 is 0. The fourth-order valence-corrected chi connectivity index (χ4v) is 6.26. The van der Waals surface area contributed by atoms with E-state index in [0.29, 0.717) is 23.9 Å². The Morgan fingerprint density at radius 2 is 1.90 bits per heavy atom. The van der Waals surface area contributed by atoms with Gasteiger partial charge in [-0.3, -0.25) is 4.79 Å². The number of benzene rings is 1. The van der Waals surface area contributed by atoms with Crippen LogP contribution in [-0.2, 0) is 17.6 Å². The second-order valence-electron chi connectivity index (χ2n) is 11.2. The van der Waals surface area contributed by atoms with Crippen LogP contribution in [0, 0.1) is 11.8 Å². The number of aromatic hydroxyl groups is 1. The Hall–Kier alpha value is -1.39. The van der Waals surface area contributed by atoms with E-state index in [1.165, 1.54) is 36.8 Å². The predicted molar refractivity (Wildman–Crippen MR) is 131 cm³/mol. The van der Waals surface area contributed by atoms with Gasteiger partial charge in [0.15, 0.2) is 14.1 Å². The first-order valence-corrected chi connectivity index (χ1v) is 15.3. The van der Waals surface area contributed by atoms with Crippen molar-refractivity contribution in [2.75, 3.05) is 0 Å². The Bertz CT molecular complexity index is 831. The lowest BCUT2D eigenvalue weighted by Gasteiger charge is -2.38. The number of allylic oxidation sites excluding steroid dienone is 2. The van der Waals surface area contributed by atoms with Crippen molar-refractivity contribution in [1.29, 1.82) is 0 Å². The normalized spacial score (nSPS) is 20.1. The van der Waals surface area contributed by atoms with Crippen molar-refractivity contribution in [3.05, 3.63) is 40.5 Å². The molecule has 2 N–H and O–H groups in total. The summed E-state index contributed by atoms with van der Waals surface area (Å²) in [5, 5.41) is 10.2. The molecule has 4 heteroatoms. The molecule has 0 aliphatic heterocycles. The lowest BCUT2D eigenvalue weighted by Crippen LogP contribution is -2.40. The van der Waals surface area contributed by atoms with Gasteiger partial charge in [-0.15, -0.1) is 0 Å². The fraction of sp³-hybridized carbons (Fsp3) is 0.667. The molecule has 2 atom stereocenters. The number of carbonyl (C=O) groups is 1. The molecule has 0 saturated heterocycles. The van der Waals surface area contributed by atoms with E-state index in [0.717, 1.165) is 43.2 Å². The third-order valence-electron chi connectivity index (χ3n) is 8.20. The maximum atomic E-state index is 12.9. The summed E-state index contributed by atoms with van der Waals surface area (Å²) in [5.41, 5.74) is 4.65. The molecule has 0 bridgehead atoms. The molecule has 0 heterocycles. The third-order valence-corrected chi connectivity index (χ3v) is 11.7. The first-order chi connectivity index (χ1) is 14.5. The highest BCUT2D eigenvalue weighted by atomic mass is 28.4. The molecule has 1 unspecified atom stereocenters. The van der Waals surface area contributed by atoms with Crippen molar-refractivity contribution in [3.8, 4) is 5.75 Å². The Morgan fingerprint density at radius 1 is 1.16 bits per heavy atom. The van der Waals surface area contributed by atoms with Crippen LogP contribution in [0.4, 0.5) is 0 Å². The number of phenols is 1. The average Bonchev–Trinajstić information content (AvgIpc) is 2.98. The van der Waals surface area contributed by atoms with Gasteiger partial charge in [-0.25, -0.2) is 0 Å². The first-order valence-electron chi connectivity index (χ1n) is 12.3. The van der Waals surface area contributed by atoms with Crippen molar-refractivity contribution in [1.82, 2.24) is 0 Å². The molecule has 0 spiro atoms. The van der Waals surface area contributed by atoms with E-state index in [1.807, 2.05) is 6.07 Å². The number of fused-ring (bicyclic) bond motifs is 2. The van der Waals surface area contributed by atoms with E-state index in [1.54, 1.807) is 6.07 Å². The van der Waals surface area contributed by atoms with Gasteiger partial charge in [-0.1, -0.05) is 64.2 Å². The van der Waals surface area contributed by atoms with Gasteiger partial charge in [0.1, 0.15) is 5.75 Å². The van der Waals surface area contributed by atoms with Crippen LogP contribution < -0.4 is 0 Å². The van der Waals surface area contributed by atoms with Crippen molar-refractivity contribution < 1.29 is 14.7 Å². The van der Waals surface area contributed by atoms with E-state index < -0.39 is 8.32 Å². The van der Waals surface area contributed by atoms with Crippen LogP contribution in [0.1, 0.15) is 83.3 Å². The first kappa shape index (κ1) is 24.3. The summed E-state index contributed by atoms with van der Waals surface area (Å²) in [6.45, 7) is 10.8. The topological polar surface area (TPSA) is 57.5 Å². The van der Waals surface area contributed by atoms with Crippen LogP contribution in [0.25, 0.3) is 0 Å².